The SMILES string of the molecule is CCCCCCCCC1CCN(c2ccc(Br)cc2)CC1. The van der Waals surface area contributed by atoms with Gasteiger partial charge < -0.3 is 4.90 Å². The minimum atomic E-state index is 0.975. The van der Waals surface area contributed by atoms with Crippen LogP contribution in [0.25, 0.3) is 0 Å². The molecular formula is C19H30BrN. The molecule has 0 radical (unpaired) electrons. The third-order valence-electron chi connectivity index (χ3n) is 4.77. The molecule has 0 bridgehead atoms. The minimum Gasteiger partial charge on any atom is -0.372 e. The van der Waals surface area contributed by atoms with Crippen LogP contribution in [0.15, 0.2) is 28.7 Å². The lowest BCUT2D eigenvalue weighted by Gasteiger charge is -2.33. The second-order valence-electron chi connectivity index (χ2n) is 6.46. The standard InChI is InChI=1S/C19H30BrN/c1-2-3-4-5-6-7-8-17-13-15-21(16-14-17)19-11-9-18(20)10-12-19/h9-12,17H,2-8,13-16H2,1H3. The van der Waals surface area contributed by atoms with Gasteiger partial charge in [-0.3, -0.25) is 0 Å². The van der Waals surface area contributed by atoms with Crippen LogP contribution in [0.2, 0.25) is 0 Å². The van der Waals surface area contributed by atoms with Crippen LogP contribution in [0.5, 0.6) is 0 Å². The second kappa shape index (κ2) is 9.50. The Labute approximate surface area is 139 Å². The largest absolute Gasteiger partial charge is 0.372 e. The number of hydrogen-bond acceptors (Lipinski definition) is 1. The molecule has 2 heteroatoms. The Morgan fingerprint density at radius 1 is 0.952 bits per heavy atom. The molecular weight excluding hydrogens is 322 g/mol. The van der Waals surface area contributed by atoms with E-state index < -0.39 is 0 Å². The number of rotatable bonds is 8. The van der Waals surface area contributed by atoms with Crippen LogP contribution in [-0.4, -0.2) is 13.1 Å². The first-order valence-corrected chi connectivity index (χ1v) is 9.59. The van der Waals surface area contributed by atoms with Crippen molar-refractivity contribution in [2.75, 3.05) is 18.0 Å². The van der Waals surface area contributed by atoms with Crippen LogP contribution in [0.3, 0.4) is 0 Å². The molecule has 21 heavy (non-hydrogen) atoms. The summed E-state index contributed by atoms with van der Waals surface area (Å²) >= 11 is 3.51. The van der Waals surface area contributed by atoms with E-state index in [4.69, 9.17) is 0 Å². The monoisotopic (exact) mass is 351 g/mol. The molecule has 1 heterocycles. The van der Waals surface area contributed by atoms with Gasteiger partial charge in [0.2, 0.25) is 0 Å². The van der Waals surface area contributed by atoms with Crippen LogP contribution < -0.4 is 4.90 Å². The number of anilines is 1. The van der Waals surface area contributed by atoms with Gasteiger partial charge in [-0.25, -0.2) is 0 Å². The summed E-state index contributed by atoms with van der Waals surface area (Å²) in [5.74, 6) is 0.975. The Hall–Kier alpha value is -0.500. The molecule has 0 aliphatic carbocycles. The molecule has 1 nitrogen and oxygen atoms in total. The van der Waals surface area contributed by atoms with Gasteiger partial charge in [0.25, 0.3) is 0 Å². The summed E-state index contributed by atoms with van der Waals surface area (Å²) < 4.78 is 1.17. The molecule has 0 aromatic heterocycles. The molecule has 0 amide bonds. The second-order valence-corrected chi connectivity index (χ2v) is 7.38. The van der Waals surface area contributed by atoms with Gasteiger partial charge >= 0.3 is 0 Å². The first kappa shape index (κ1) is 16.9. The third kappa shape index (κ3) is 6.02. The van der Waals surface area contributed by atoms with E-state index in [1.165, 1.54) is 81.0 Å². The lowest BCUT2D eigenvalue weighted by atomic mass is 9.91. The van der Waals surface area contributed by atoms with Crippen molar-refractivity contribution in [3.8, 4) is 0 Å². The van der Waals surface area contributed by atoms with E-state index in [1.807, 2.05) is 0 Å². The van der Waals surface area contributed by atoms with Crippen LogP contribution >= 0.6 is 15.9 Å². The average molecular weight is 352 g/mol. The molecule has 1 aliphatic heterocycles. The van der Waals surface area contributed by atoms with E-state index in [0.717, 1.165) is 5.92 Å². The smallest absolute Gasteiger partial charge is 0.0366 e. The predicted octanol–water partition coefficient (Wildman–Crippen LogP) is 6.42. The highest BCUT2D eigenvalue weighted by molar-refractivity contribution is 9.10. The van der Waals surface area contributed by atoms with Crippen molar-refractivity contribution in [2.45, 2.75) is 64.7 Å². The lowest BCUT2D eigenvalue weighted by molar-refractivity contribution is 0.366. The van der Waals surface area contributed by atoms with Crippen molar-refractivity contribution in [3.05, 3.63) is 28.7 Å². The Balaban J connectivity index is 1.61. The van der Waals surface area contributed by atoms with Crippen molar-refractivity contribution < 1.29 is 0 Å². The van der Waals surface area contributed by atoms with Gasteiger partial charge in [-0.1, -0.05) is 67.8 Å². The fraction of sp³-hybridized carbons (Fsp3) is 0.684. The Morgan fingerprint density at radius 3 is 2.24 bits per heavy atom. The zero-order valence-corrected chi connectivity index (χ0v) is 15.1. The minimum absolute atomic E-state index is 0.975. The predicted molar refractivity (Wildman–Crippen MR) is 97.1 cm³/mol. The zero-order chi connectivity index (χ0) is 14.9. The first-order valence-electron chi connectivity index (χ1n) is 8.80. The first-order chi connectivity index (χ1) is 10.3. The molecule has 0 saturated carbocycles. The molecule has 0 N–H and O–H groups in total. The Morgan fingerprint density at radius 2 is 1.57 bits per heavy atom. The molecule has 1 aromatic rings. The van der Waals surface area contributed by atoms with E-state index in [9.17, 15) is 0 Å². The molecule has 1 saturated heterocycles. The summed E-state index contributed by atoms with van der Waals surface area (Å²) in [6.07, 6.45) is 12.8. The van der Waals surface area contributed by atoms with Crippen molar-refractivity contribution in [1.82, 2.24) is 0 Å². The number of nitrogens with zero attached hydrogens (tertiary/aromatic N) is 1. The van der Waals surface area contributed by atoms with Crippen LogP contribution in [-0.2, 0) is 0 Å². The summed E-state index contributed by atoms with van der Waals surface area (Å²) in [5.41, 5.74) is 1.39. The fourth-order valence-electron chi connectivity index (χ4n) is 3.35. The van der Waals surface area contributed by atoms with Gasteiger partial charge in [0.15, 0.2) is 0 Å². The van der Waals surface area contributed by atoms with Crippen LogP contribution in [0.4, 0.5) is 5.69 Å². The summed E-state index contributed by atoms with van der Waals surface area (Å²) in [5, 5.41) is 0. The lowest BCUT2D eigenvalue weighted by Crippen LogP contribution is -2.33. The number of hydrogen-bond donors (Lipinski definition) is 0. The van der Waals surface area contributed by atoms with Gasteiger partial charge in [0, 0.05) is 23.2 Å². The van der Waals surface area contributed by atoms with Gasteiger partial charge in [-0.2, -0.15) is 0 Å². The van der Waals surface area contributed by atoms with E-state index in [1.54, 1.807) is 0 Å². The van der Waals surface area contributed by atoms with Crippen molar-refractivity contribution in [1.29, 1.82) is 0 Å². The number of benzene rings is 1. The highest BCUT2D eigenvalue weighted by atomic mass is 79.9. The maximum absolute atomic E-state index is 3.51. The van der Waals surface area contributed by atoms with E-state index in [0.29, 0.717) is 0 Å². The molecule has 0 spiro atoms. The summed E-state index contributed by atoms with van der Waals surface area (Å²) in [4.78, 5) is 2.55. The molecule has 0 unspecified atom stereocenters. The highest BCUT2D eigenvalue weighted by Crippen LogP contribution is 2.27. The Bertz CT molecular complexity index is 379. The molecule has 0 atom stereocenters. The normalized spacial score (nSPS) is 16.4. The van der Waals surface area contributed by atoms with Crippen molar-refractivity contribution >= 4 is 21.6 Å². The average Bonchev–Trinajstić information content (AvgIpc) is 2.52. The third-order valence-corrected chi connectivity index (χ3v) is 5.30. The topological polar surface area (TPSA) is 3.24 Å². The van der Waals surface area contributed by atoms with Gasteiger partial charge in [-0.05, 0) is 43.0 Å². The van der Waals surface area contributed by atoms with Gasteiger partial charge in [-0.15, -0.1) is 0 Å². The Kier molecular flexibility index (Phi) is 7.63. The number of piperidine rings is 1. The maximum Gasteiger partial charge on any atom is 0.0366 e. The summed E-state index contributed by atoms with van der Waals surface area (Å²) in [6, 6.07) is 8.77. The maximum atomic E-state index is 3.51. The number of halogens is 1. The molecule has 2 rings (SSSR count). The fourth-order valence-corrected chi connectivity index (χ4v) is 3.61. The van der Waals surface area contributed by atoms with E-state index in [-0.39, 0.29) is 0 Å². The van der Waals surface area contributed by atoms with Crippen LogP contribution in [0.1, 0.15) is 64.7 Å². The summed E-state index contributed by atoms with van der Waals surface area (Å²) in [7, 11) is 0. The zero-order valence-electron chi connectivity index (χ0n) is 13.5. The number of unbranched alkanes of at least 4 members (excludes halogenated alkanes) is 5. The van der Waals surface area contributed by atoms with Crippen molar-refractivity contribution in [3.63, 3.8) is 0 Å². The van der Waals surface area contributed by atoms with Gasteiger partial charge in [0.05, 0.1) is 0 Å². The van der Waals surface area contributed by atoms with Crippen molar-refractivity contribution in [2.24, 2.45) is 5.92 Å². The summed E-state index contributed by atoms with van der Waals surface area (Å²) in [6.45, 7) is 4.77. The molecule has 1 aliphatic rings. The molecule has 118 valence electrons. The van der Waals surface area contributed by atoms with E-state index >= 15 is 0 Å². The molecule has 1 aromatic carbocycles. The van der Waals surface area contributed by atoms with E-state index in [2.05, 4.69) is 52.0 Å². The van der Waals surface area contributed by atoms with Crippen LogP contribution in [0, 0.1) is 5.92 Å². The molecule has 1 fully saturated rings. The quantitative estimate of drug-likeness (QED) is 0.488. The highest BCUT2D eigenvalue weighted by Gasteiger charge is 2.18. The van der Waals surface area contributed by atoms with Gasteiger partial charge in [0.1, 0.15) is 0 Å².